The summed E-state index contributed by atoms with van der Waals surface area (Å²) in [7, 11) is -4.05. The van der Waals surface area contributed by atoms with Gasteiger partial charge in [0.25, 0.3) is 15.9 Å². The second kappa shape index (κ2) is 9.71. The Bertz CT molecular complexity index is 1100. The quantitative estimate of drug-likeness (QED) is 0.433. The number of anilines is 1. The van der Waals surface area contributed by atoms with Crippen LogP contribution in [0.1, 0.15) is 12.1 Å². The van der Waals surface area contributed by atoms with Crippen LogP contribution >= 0.6 is 39.1 Å². The summed E-state index contributed by atoms with van der Waals surface area (Å²) in [5.41, 5.74) is 0.938. The first-order valence-electron chi connectivity index (χ1n) is 8.39. The lowest BCUT2D eigenvalue weighted by molar-refractivity contribution is 0.299. The third kappa shape index (κ3) is 5.79. The van der Waals surface area contributed by atoms with Crippen LogP contribution in [0.3, 0.4) is 0 Å². The third-order valence-electron chi connectivity index (χ3n) is 3.69. The van der Waals surface area contributed by atoms with Crippen LogP contribution in [-0.4, -0.2) is 30.0 Å². The van der Waals surface area contributed by atoms with Crippen molar-refractivity contribution < 1.29 is 13.2 Å². The number of rotatable bonds is 8. The molecule has 11 heteroatoms. The molecule has 1 aromatic carbocycles. The minimum atomic E-state index is -4.05. The molecule has 0 aliphatic rings. The van der Waals surface area contributed by atoms with E-state index in [-0.39, 0.29) is 26.6 Å². The van der Waals surface area contributed by atoms with Gasteiger partial charge in [-0.2, -0.15) is 0 Å². The zero-order valence-electron chi connectivity index (χ0n) is 14.8. The number of nitrogens with zero attached hydrogens (tertiary/aromatic N) is 3. The van der Waals surface area contributed by atoms with Gasteiger partial charge in [0.2, 0.25) is 5.82 Å². The van der Waals surface area contributed by atoms with Gasteiger partial charge in [-0.05, 0) is 53.0 Å². The van der Waals surface area contributed by atoms with Gasteiger partial charge in [-0.3, -0.25) is 9.71 Å². The fourth-order valence-corrected chi connectivity index (χ4v) is 4.40. The topological polar surface area (TPSA) is 94.1 Å². The number of aromatic nitrogens is 3. The van der Waals surface area contributed by atoms with Crippen molar-refractivity contribution in [2.75, 3.05) is 11.3 Å². The Morgan fingerprint density at radius 1 is 1.10 bits per heavy atom. The average molecular weight is 518 g/mol. The van der Waals surface area contributed by atoms with Gasteiger partial charge in [-0.25, -0.2) is 18.4 Å². The van der Waals surface area contributed by atoms with E-state index in [1.165, 1.54) is 24.4 Å². The molecule has 7 nitrogen and oxygen atoms in total. The molecule has 0 spiro atoms. The molecule has 0 saturated heterocycles. The summed E-state index contributed by atoms with van der Waals surface area (Å²) in [5.74, 6) is -0.0100. The summed E-state index contributed by atoms with van der Waals surface area (Å²) in [6, 6.07) is 10.0. The highest BCUT2D eigenvalue weighted by molar-refractivity contribution is 9.10. The molecular formula is C18H15BrCl2N4O3S. The van der Waals surface area contributed by atoms with E-state index in [1.54, 1.807) is 6.20 Å². The first-order chi connectivity index (χ1) is 13.9. The van der Waals surface area contributed by atoms with Crippen molar-refractivity contribution in [3.05, 3.63) is 69.1 Å². The zero-order chi connectivity index (χ0) is 20.9. The molecule has 0 aliphatic heterocycles. The second-order valence-electron chi connectivity index (χ2n) is 5.78. The molecule has 0 bridgehead atoms. The van der Waals surface area contributed by atoms with Crippen LogP contribution in [0, 0.1) is 0 Å². The molecule has 3 aromatic rings. The van der Waals surface area contributed by atoms with Crippen molar-refractivity contribution in [1.29, 1.82) is 0 Å². The van der Waals surface area contributed by atoms with E-state index in [0.717, 1.165) is 5.69 Å². The Morgan fingerprint density at radius 3 is 2.69 bits per heavy atom. The van der Waals surface area contributed by atoms with E-state index in [0.29, 0.717) is 24.1 Å². The van der Waals surface area contributed by atoms with E-state index in [4.69, 9.17) is 27.9 Å². The Kier molecular flexibility index (Phi) is 7.28. The van der Waals surface area contributed by atoms with Crippen molar-refractivity contribution in [2.45, 2.75) is 17.7 Å². The van der Waals surface area contributed by atoms with Crippen molar-refractivity contribution >= 4 is 55.0 Å². The summed E-state index contributed by atoms with van der Waals surface area (Å²) in [4.78, 5) is 12.3. The molecule has 2 heterocycles. The van der Waals surface area contributed by atoms with Crippen molar-refractivity contribution in [1.82, 2.24) is 15.0 Å². The maximum absolute atomic E-state index is 12.7. The van der Waals surface area contributed by atoms with E-state index in [2.05, 4.69) is 35.6 Å². The molecule has 0 unspecified atom stereocenters. The van der Waals surface area contributed by atoms with Gasteiger partial charge in [0.15, 0.2) is 0 Å². The Hall–Kier alpha value is -1.94. The van der Waals surface area contributed by atoms with E-state index >= 15 is 0 Å². The predicted octanol–water partition coefficient (Wildman–Crippen LogP) is 4.75. The Labute approximate surface area is 186 Å². The number of aryl methyl sites for hydroxylation is 1. The number of hydrogen-bond donors (Lipinski definition) is 1. The summed E-state index contributed by atoms with van der Waals surface area (Å²) in [6.07, 6.45) is 4.46. The second-order valence-corrected chi connectivity index (χ2v) is 9.03. The van der Waals surface area contributed by atoms with Crippen molar-refractivity contribution in [3.8, 4) is 5.88 Å². The Morgan fingerprint density at radius 2 is 1.93 bits per heavy atom. The van der Waals surface area contributed by atoms with Gasteiger partial charge in [0, 0.05) is 11.9 Å². The van der Waals surface area contributed by atoms with Crippen LogP contribution in [0.25, 0.3) is 0 Å². The monoisotopic (exact) mass is 516 g/mol. The molecule has 0 aliphatic carbocycles. The number of benzene rings is 1. The van der Waals surface area contributed by atoms with Crippen molar-refractivity contribution in [3.63, 3.8) is 0 Å². The fourth-order valence-electron chi connectivity index (χ4n) is 2.36. The van der Waals surface area contributed by atoms with Gasteiger partial charge in [0.1, 0.15) is 9.50 Å². The fraction of sp³-hybridized carbons (Fsp3) is 0.167. The van der Waals surface area contributed by atoms with Crippen LogP contribution in [0.5, 0.6) is 5.88 Å². The largest absolute Gasteiger partial charge is 0.475 e. The lowest BCUT2D eigenvalue weighted by atomic mass is 10.2. The van der Waals surface area contributed by atoms with Gasteiger partial charge in [-0.15, -0.1) is 0 Å². The maximum atomic E-state index is 12.7. The third-order valence-corrected chi connectivity index (χ3v) is 6.38. The van der Waals surface area contributed by atoms with Crippen LogP contribution in [-0.2, 0) is 16.4 Å². The first kappa shape index (κ1) is 21.8. The smallest absolute Gasteiger partial charge is 0.264 e. The molecule has 152 valence electrons. The standard InChI is InChI=1S/C18H15BrCl2N4O3S/c19-15-11-23-17(25-29(26,27)14-8-3-7-13(20)16(14)21)18(24-15)28-10-4-6-12-5-1-2-9-22-12/h1-3,5,7-9,11H,4,6,10H2,(H,23,25). The van der Waals surface area contributed by atoms with Gasteiger partial charge in [0.05, 0.1) is 22.8 Å². The van der Waals surface area contributed by atoms with E-state index in [1.807, 2.05) is 18.2 Å². The van der Waals surface area contributed by atoms with Crippen LogP contribution in [0.15, 0.2) is 58.3 Å². The first-order valence-corrected chi connectivity index (χ1v) is 11.4. The summed E-state index contributed by atoms with van der Waals surface area (Å²) >= 11 is 15.2. The van der Waals surface area contributed by atoms with Crippen LogP contribution in [0.2, 0.25) is 10.0 Å². The van der Waals surface area contributed by atoms with Gasteiger partial charge in [-0.1, -0.05) is 35.3 Å². The molecule has 0 amide bonds. The lowest BCUT2D eigenvalue weighted by Gasteiger charge is -2.13. The normalized spacial score (nSPS) is 11.3. The molecule has 0 fully saturated rings. The van der Waals surface area contributed by atoms with Gasteiger partial charge >= 0.3 is 0 Å². The number of sulfonamides is 1. The molecule has 0 atom stereocenters. The number of pyridine rings is 1. The van der Waals surface area contributed by atoms with Gasteiger partial charge < -0.3 is 4.74 Å². The molecule has 0 saturated carbocycles. The average Bonchev–Trinajstić information content (AvgIpc) is 2.70. The molecule has 3 rings (SSSR count). The minimum absolute atomic E-state index is 0.0436. The number of halogens is 3. The molecular weight excluding hydrogens is 503 g/mol. The highest BCUT2D eigenvalue weighted by Gasteiger charge is 2.22. The SMILES string of the molecule is O=S(=O)(Nc1ncc(Br)nc1OCCCc1ccccn1)c1cccc(Cl)c1Cl. The van der Waals surface area contributed by atoms with Crippen LogP contribution < -0.4 is 9.46 Å². The predicted molar refractivity (Wildman–Crippen MR) is 115 cm³/mol. The number of ether oxygens (including phenoxy) is 1. The molecule has 2 aromatic heterocycles. The lowest BCUT2D eigenvalue weighted by Crippen LogP contribution is -2.16. The van der Waals surface area contributed by atoms with E-state index in [9.17, 15) is 8.42 Å². The molecule has 29 heavy (non-hydrogen) atoms. The minimum Gasteiger partial charge on any atom is -0.475 e. The molecule has 0 radical (unpaired) electrons. The summed E-state index contributed by atoms with van der Waals surface area (Å²) in [6.45, 7) is 0.300. The zero-order valence-corrected chi connectivity index (χ0v) is 18.8. The summed E-state index contributed by atoms with van der Waals surface area (Å²) in [5, 5.41) is 0.0481. The Balaban J connectivity index is 1.73. The van der Waals surface area contributed by atoms with Crippen molar-refractivity contribution in [2.24, 2.45) is 0 Å². The molecule has 1 N–H and O–H groups in total. The van der Waals surface area contributed by atoms with E-state index < -0.39 is 10.0 Å². The highest BCUT2D eigenvalue weighted by atomic mass is 79.9. The number of nitrogens with one attached hydrogen (secondary N) is 1. The summed E-state index contributed by atoms with van der Waals surface area (Å²) < 4.78 is 33.9. The highest BCUT2D eigenvalue weighted by Crippen LogP contribution is 2.31. The maximum Gasteiger partial charge on any atom is 0.264 e. The van der Waals surface area contributed by atoms with Crippen LogP contribution in [0.4, 0.5) is 5.82 Å². The number of hydrogen-bond acceptors (Lipinski definition) is 6.